The summed E-state index contributed by atoms with van der Waals surface area (Å²) in [4.78, 5) is 14.9. The van der Waals surface area contributed by atoms with Gasteiger partial charge in [0.15, 0.2) is 0 Å². The van der Waals surface area contributed by atoms with E-state index < -0.39 is 12.0 Å². The fraction of sp³-hybridized carbons (Fsp3) is 0.333. The lowest BCUT2D eigenvalue weighted by atomic mass is 10.2. The lowest BCUT2D eigenvalue weighted by Crippen LogP contribution is -2.26. The van der Waals surface area contributed by atoms with Gasteiger partial charge in [-0.1, -0.05) is 0 Å². The summed E-state index contributed by atoms with van der Waals surface area (Å²) in [7, 11) is 1.53. The Morgan fingerprint density at radius 1 is 1.71 bits per heavy atom. The molecule has 0 bridgehead atoms. The Morgan fingerprint density at radius 3 is 3.14 bits per heavy atom. The van der Waals surface area contributed by atoms with Crippen LogP contribution in [-0.2, 0) is 11.2 Å². The summed E-state index contributed by atoms with van der Waals surface area (Å²) in [6.45, 7) is 0. The lowest BCUT2D eigenvalue weighted by Gasteiger charge is -2.03. The van der Waals surface area contributed by atoms with E-state index in [4.69, 9.17) is 9.84 Å². The maximum Gasteiger partial charge on any atom is 0.326 e. The number of aromatic nitrogens is 1. The van der Waals surface area contributed by atoms with Gasteiger partial charge in [0.2, 0.25) is 5.88 Å². The van der Waals surface area contributed by atoms with E-state index in [-0.39, 0.29) is 0 Å². The molecule has 0 spiro atoms. The van der Waals surface area contributed by atoms with Crippen molar-refractivity contribution in [3.8, 4) is 5.88 Å². The molecule has 74 valence electrons. The number of hydrogen-bond donors (Lipinski definition) is 2. The van der Waals surface area contributed by atoms with E-state index in [1.54, 1.807) is 12.1 Å². The van der Waals surface area contributed by atoms with E-state index in [0.717, 1.165) is 11.4 Å². The zero-order chi connectivity index (χ0) is 10.1. The van der Waals surface area contributed by atoms with Crippen molar-refractivity contribution in [3.05, 3.63) is 17.8 Å². The molecule has 5 nitrogen and oxygen atoms in total. The Morgan fingerprint density at radius 2 is 2.50 bits per heavy atom. The third-order valence-corrected chi connectivity index (χ3v) is 2.18. The number of carbonyl (C=O) groups is 1. The second kappa shape index (κ2) is 3.17. The fourth-order valence-electron chi connectivity index (χ4n) is 1.46. The van der Waals surface area contributed by atoms with E-state index in [9.17, 15) is 4.79 Å². The summed E-state index contributed by atoms with van der Waals surface area (Å²) in [5, 5.41) is 11.7. The van der Waals surface area contributed by atoms with Crippen LogP contribution >= 0.6 is 0 Å². The predicted molar refractivity (Wildman–Crippen MR) is 49.5 cm³/mol. The van der Waals surface area contributed by atoms with Gasteiger partial charge in [0.25, 0.3) is 0 Å². The maximum atomic E-state index is 10.7. The number of hydrogen-bond acceptors (Lipinski definition) is 4. The van der Waals surface area contributed by atoms with Gasteiger partial charge in [0.1, 0.15) is 6.04 Å². The molecule has 0 radical (unpaired) electrons. The summed E-state index contributed by atoms with van der Waals surface area (Å²) < 4.78 is 4.95. The largest absolute Gasteiger partial charge is 0.481 e. The Labute approximate surface area is 80.7 Å². The first-order chi connectivity index (χ1) is 6.70. The standard InChI is InChI=1S/C9H10N2O3/c1-14-8-3-2-5-6(11-8)4-7(10-5)9(12)13/h2-3,7,10H,4H2,1H3,(H,12,13). The van der Waals surface area contributed by atoms with Gasteiger partial charge in [-0.05, 0) is 6.07 Å². The first-order valence-electron chi connectivity index (χ1n) is 4.24. The molecule has 1 aromatic heterocycles. The monoisotopic (exact) mass is 194 g/mol. The Hall–Kier alpha value is -1.78. The number of anilines is 1. The minimum Gasteiger partial charge on any atom is -0.481 e. The average molecular weight is 194 g/mol. The minimum absolute atomic E-state index is 0.405. The van der Waals surface area contributed by atoms with Crippen molar-refractivity contribution in [2.45, 2.75) is 12.5 Å². The van der Waals surface area contributed by atoms with Crippen LogP contribution in [0.2, 0.25) is 0 Å². The third kappa shape index (κ3) is 1.37. The summed E-state index contributed by atoms with van der Waals surface area (Å²) in [6.07, 6.45) is 0.405. The number of ether oxygens (including phenoxy) is 1. The number of fused-ring (bicyclic) bond motifs is 1. The second-order valence-corrected chi connectivity index (χ2v) is 3.09. The van der Waals surface area contributed by atoms with Crippen LogP contribution in [0.5, 0.6) is 5.88 Å². The normalized spacial score (nSPS) is 18.5. The number of pyridine rings is 1. The van der Waals surface area contributed by atoms with Crippen LogP contribution in [0.1, 0.15) is 5.69 Å². The Kier molecular flexibility index (Phi) is 1.99. The van der Waals surface area contributed by atoms with Crippen LogP contribution < -0.4 is 10.1 Å². The van der Waals surface area contributed by atoms with Gasteiger partial charge in [0.05, 0.1) is 18.5 Å². The quantitative estimate of drug-likeness (QED) is 0.717. The van der Waals surface area contributed by atoms with Crippen LogP contribution in [0.25, 0.3) is 0 Å². The highest BCUT2D eigenvalue weighted by Crippen LogP contribution is 2.26. The number of nitrogens with zero attached hydrogens (tertiary/aromatic N) is 1. The molecule has 0 saturated heterocycles. The SMILES string of the molecule is COc1ccc2c(n1)CC(C(=O)O)N2. The molecule has 2 rings (SSSR count). The van der Waals surface area contributed by atoms with Gasteiger partial charge in [-0.2, -0.15) is 0 Å². The number of methoxy groups -OCH3 is 1. The van der Waals surface area contributed by atoms with Gasteiger partial charge in [0, 0.05) is 12.5 Å². The summed E-state index contributed by atoms with van der Waals surface area (Å²) in [5.74, 6) is -0.349. The van der Waals surface area contributed by atoms with Gasteiger partial charge < -0.3 is 15.2 Å². The third-order valence-electron chi connectivity index (χ3n) is 2.18. The van der Waals surface area contributed by atoms with Crippen molar-refractivity contribution in [3.63, 3.8) is 0 Å². The van der Waals surface area contributed by atoms with Gasteiger partial charge in [-0.3, -0.25) is 0 Å². The zero-order valence-electron chi connectivity index (χ0n) is 7.65. The number of carboxylic acids is 1. The van der Waals surface area contributed by atoms with Crippen LogP contribution in [0.3, 0.4) is 0 Å². The van der Waals surface area contributed by atoms with E-state index in [1.807, 2.05) is 0 Å². The molecule has 0 saturated carbocycles. The molecule has 1 unspecified atom stereocenters. The molecule has 1 atom stereocenters. The van der Waals surface area contributed by atoms with E-state index in [2.05, 4.69) is 10.3 Å². The van der Waals surface area contributed by atoms with Crippen molar-refractivity contribution < 1.29 is 14.6 Å². The van der Waals surface area contributed by atoms with E-state index >= 15 is 0 Å². The Balaban J connectivity index is 2.27. The Bertz CT molecular complexity index is 378. The molecule has 5 heteroatoms. The highest BCUT2D eigenvalue weighted by atomic mass is 16.5. The van der Waals surface area contributed by atoms with Crippen LogP contribution in [0.15, 0.2) is 12.1 Å². The first-order valence-corrected chi connectivity index (χ1v) is 4.24. The molecule has 0 aromatic carbocycles. The number of rotatable bonds is 2. The molecule has 2 N–H and O–H groups in total. The van der Waals surface area contributed by atoms with Crippen LogP contribution in [0.4, 0.5) is 5.69 Å². The van der Waals surface area contributed by atoms with Gasteiger partial charge in [-0.15, -0.1) is 0 Å². The van der Waals surface area contributed by atoms with E-state index in [0.29, 0.717) is 12.3 Å². The molecule has 2 heterocycles. The van der Waals surface area contributed by atoms with Crippen LogP contribution in [-0.4, -0.2) is 29.2 Å². The van der Waals surface area contributed by atoms with Crippen molar-refractivity contribution in [1.82, 2.24) is 4.98 Å². The minimum atomic E-state index is -0.859. The zero-order valence-corrected chi connectivity index (χ0v) is 7.65. The van der Waals surface area contributed by atoms with Gasteiger partial charge in [-0.25, -0.2) is 9.78 Å². The van der Waals surface area contributed by atoms with Crippen molar-refractivity contribution in [2.75, 3.05) is 12.4 Å². The molecule has 1 aliphatic heterocycles. The second-order valence-electron chi connectivity index (χ2n) is 3.09. The number of nitrogens with one attached hydrogen (secondary N) is 1. The number of carboxylic acid groups (broad SMARTS) is 1. The van der Waals surface area contributed by atoms with E-state index in [1.165, 1.54) is 7.11 Å². The fourth-order valence-corrected chi connectivity index (χ4v) is 1.46. The van der Waals surface area contributed by atoms with Crippen molar-refractivity contribution in [2.24, 2.45) is 0 Å². The number of aliphatic carboxylic acids is 1. The highest BCUT2D eigenvalue weighted by Gasteiger charge is 2.27. The average Bonchev–Trinajstić information content (AvgIpc) is 2.59. The summed E-state index contributed by atoms with van der Waals surface area (Å²) in [6, 6.07) is 2.92. The molecule has 0 fully saturated rings. The topological polar surface area (TPSA) is 71.5 Å². The molecule has 0 amide bonds. The summed E-state index contributed by atoms with van der Waals surface area (Å²) >= 11 is 0. The molecule has 0 aliphatic carbocycles. The lowest BCUT2D eigenvalue weighted by molar-refractivity contribution is -0.137. The summed E-state index contributed by atoms with van der Waals surface area (Å²) in [5.41, 5.74) is 1.52. The molecular formula is C9H10N2O3. The highest BCUT2D eigenvalue weighted by molar-refractivity contribution is 5.80. The molecular weight excluding hydrogens is 184 g/mol. The predicted octanol–water partition coefficient (Wildman–Crippen LogP) is 0.511. The molecule has 1 aliphatic rings. The van der Waals surface area contributed by atoms with Crippen molar-refractivity contribution in [1.29, 1.82) is 0 Å². The van der Waals surface area contributed by atoms with Crippen molar-refractivity contribution >= 4 is 11.7 Å². The molecule has 14 heavy (non-hydrogen) atoms. The van der Waals surface area contributed by atoms with Gasteiger partial charge >= 0.3 is 5.97 Å². The molecule has 1 aromatic rings. The first kappa shape index (κ1) is 8.80. The van der Waals surface area contributed by atoms with Crippen LogP contribution in [0, 0.1) is 0 Å². The maximum absolute atomic E-state index is 10.7. The smallest absolute Gasteiger partial charge is 0.326 e.